The summed E-state index contributed by atoms with van der Waals surface area (Å²) < 4.78 is 54.5. The number of carbonyl (C=O) groups is 1. The van der Waals surface area contributed by atoms with Crippen molar-refractivity contribution in [3.8, 4) is 0 Å². The Morgan fingerprint density at radius 3 is 2.23 bits per heavy atom. The van der Waals surface area contributed by atoms with E-state index in [2.05, 4.69) is 10.0 Å². The fourth-order valence-corrected chi connectivity index (χ4v) is 3.76. The summed E-state index contributed by atoms with van der Waals surface area (Å²) >= 11 is 0. The Hall–Kier alpha value is -3.86. The van der Waals surface area contributed by atoms with Gasteiger partial charge in [0.25, 0.3) is 21.6 Å². The first-order valence-electron chi connectivity index (χ1n) is 8.72. The second-order valence-corrected chi connectivity index (χ2v) is 8.10. The molecule has 0 fully saturated rings. The van der Waals surface area contributed by atoms with Crippen molar-refractivity contribution in [3.05, 3.63) is 93.5 Å². The van der Waals surface area contributed by atoms with Gasteiger partial charge in [-0.15, -0.1) is 0 Å². The zero-order valence-corrected chi connectivity index (χ0v) is 16.7. The first-order chi connectivity index (χ1) is 14.6. The largest absolute Gasteiger partial charge is 0.320 e. The third-order valence-electron chi connectivity index (χ3n) is 4.32. The minimum Gasteiger partial charge on any atom is -0.320 e. The molecule has 160 valence electrons. The number of sulfonamides is 1. The maximum absolute atomic E-state index is 14.0. The zero-order chi connectivity index (χ0) is 22.8. The van der Waals surface area contributed by atoms with Gasteiger partial charge in [-0.1, -0.05) is 12.1 Å². The quantitative estimate of drug-likeness (QED) is 0.433. The second kappa shape index (κ2) is 8.48. The summed E-state index contributed by atoms with van der Waals surface area (Å²) in [5.41, 5.74) is -1.07. The predicted octanol–water partition coefficient (Wildman–Crippen LogP) is 4.23. The van der Waals surface area contributed by atoms with E-state index in [-0.39, 0.29) is 27.4 Å². The molecule has 0 saturated heterocycles. The van der Waals surface area contributed by atoms with Gasteiger partial charge in [-0.2, -0.15) is 0 Å². The Labute approximate surface area is 175 Å². The average molecular weight is 447 g/mol. The van der Waals surface area contributed by atoms with Gasteiger partial charge in [-0.25, -0.2) is 17.2 Å². The molecule has 0 unspecified atom stereocenters. The highest BCUT2D eigenvalue weighted by atomic mass is 32.2. The molecule has 0 heterocycles. The molecular formula is C20H15F2N3O5S. The van der Waals surface area contributed by atoms with E-state index in [0.29, 0.717) is 0 Å². The number of nitro benzene ring substituents is 1. The van der Waals surface area contributed by atoms with Crippen LogP contribution in [0.3, 0.4) is 0 Å². The lowest BCUT2D eigenvalue weighted by atomic mass is 10.1. The second-order valence-electron chi connectivity index (χ2n) is 6.42. The van der Waals surface area contributed by atoms with Crippen molar-refractivity contribution in [2.45, 2.75) is 11.8 Å². The predicted molar refractivity (Wildman–Crippen MR) is 109 cm³/mol. The van der Waals surface area contributed by atoms with Gasteiger partial charge in [0.1, 0.15) is 11.6 Å². The molecule has 3 aromatic carbocycles. The highest BCUT2D eigenvalue weighted by molar-refractivity contribution is 7.92. The van der Waals surface area contributed by atoms with Crippen LogP contribution < -0.4 is 10.0 Å². The van der Waals surface area contributed by atoms with Crippen LogP contribution in [0.25, 0.3) is 0 Å². The lowest BCUT2D eigenvalue weighted by molar-refractivity contribution is -0.385. The van der Waals surface area contributed by atoms with Crippen molar-refractivity contribution in [1.29, 1.82) is 0 Å². The first-order valence-corrected chi connectivity index (χ1v) is 10.2. The molecule has 0 aliphatic heterocycles. The SMILES string of the molecule is Cc1c(F)cc(C(=O)Nc2ccccc2NS(=O)(=O)c2ccc(F)cc2)cc1[N+](=O)[O-]. The Morgan fingerprint density at radius 1 is 1.00 bits per heavy atom. The van der Waals surface area contributed by atoms with Crippen molar-refractivity contribution in [2.24, 2.45) is 0 Å². The smallest absolute Gasteiger partial charge is 0.276 e. The van der Waals surface area contributed by atoms with E-state index >= 15 is 0 Å². The molecule has 0 bridgehead atoms. The van der Waals surface area contributed by atoms with Crippen LogP contribution >= 0.6 is 0 Å². The molecule has 0 aromatic heterocycles. The fraction of sp³-hybridized carbons (Fsp3) is 0.0500. The Bertz CT molecular complexity index is 1280. The Kier molecular flexibility index (Phi) is 5.97. The number of amides is 1. The van der Waals surface area contributed by atoms with E-state index < -0.39 is 38.2 Å². The number of nitrogens with zero attached hydrogens (tertiary/aromatic N) is 1. The highest BCUT2D eigenvalue weighted by Crippen LogP contribution is 2.27. The summed E-state index contributed by atoms with van der Waals surface area (Å²) in [6, 6.07) is 11.7. The van der Waals surface area contributed by atoms with Gasteiger partial charge < -0.3 is 5.32 Å². The summed E-state index contributed by atoms with van der Waals surface area (Å²) in [6.45, 7) is 1.22. The average Bonchev–Trinajstić information content (AvgIpc) is 2.71. The molecule has 11 heteroatoms. The lowest BCUT2D eigenvalue weighted by Gasteiger charge is -2.14. The minimum absolute atomic E-state index is 0.0118. The van der Waals surface area contributed by atoms with Gasteiger partial charge in [0.15, 0.2) is 0 Å². The third kappa shape index (κ3) is 4.83. The number of nitrogens with one attached hydrogen (secondary N) is 2. The summed E-state index contributed by atoms with van der Waals surface area (Å²) in [6.07, 6.45) is 0. The number of halogens is 2. The number of rotatable bonds is 6. The zero-order valence-electron chi connectivity index (χ0n) is 15.9. The topological polar surface area (TPSA) is 118 Å². The lowest BCUT2D eigenvalue weighted by Crippen LogP contribution is -2.17. The van der Waals surface area contributed by atoms with E-state index in [1.54, 1.807) is 0 Å². The van der Waals surface area contributed by atoms with Crippen LogP contribution in [0.2, 0.25) is 0 Å². The monoisotopic (exact) mass is 447 g/mol. The van der Waals surface area contributed by atoms with Gasteiger partial charge in [0.2, 0.25) is 0 Å². The molecule has 3 aromatic rings. The van der Waals surface area contributed by atoms with Gasteiger partial charge >= 0.3 is 0 Å². The standard InChI is InChI=1S/C20H15F2N3O5S/c1-12-16(22)10-13(11-19(12)25(27)28)20(26)23-17-4-2-3-5-18(17)24-31(29,30)15-8-6-14(21)7-9-15/h2-11,24H,1H3,(H,23,26). The minimum atomic E-state index is -4.10. The molecule has 0 saturated carbocycles. The summed E-state index contributed by atoms with van der Waals surface area (Å²) in [7, 11) is -4.10. The normalized spacial score (nSPS) is 11.1. The van der Waals surface area contributed by atoms with Gasteiger partial charge in [0.05, 0.1) is 26.8 Å². The summed E-state index contributed by atoms with van der Waals surface area (Å²) in [5, 5.41) is 13.5. The summed E-state index contributed by atoms with van der Waals surface area (Å²) in [5.74, 6) is -2.41. The van der Waals surface area contributed by atoms with Gasteiger partial charge in [-0.3, -0.25) is 19.6 Å². The van der Waals surface area contributed by atoms with Crippen molar-refractivity contribution in [3.63, 3.8) is 0 Å². The fourth-order valence-electron chi connectivity index (χ4n) is 2.68. The van der Waals surface area contributed by atoms with E-state index in [1.807, 2.05) is 0 Å². The molecule has 0 atom stereocenters. The number of nitro groups is 1. The Morgan fingerprint density at radius 2 is 1.61 bits per heavy atom. The number of anilines is 2. The number of carbonyl (C=O) groups excluding carboxylic acids is 1. The van der Waals surface area contributed by atoms with Gasteiger partial charge in [-0.05, 0) is 49.4 Å². The van der Waals surface area contributed by atoms with Crippen LogP contribution in [-0.2, 0) is 10.0 Å². The number of benzene rings is 3. The van der Waals surface area contributed by atoms with Crippen molar-refractivity contribution >= 4 is 33.0 Å². The van der Waals surface area contributed by atoms with Crippen LogP contribution in [0.15, 0.2) is 65.6 Å². The number of para-hydroxylation sites is 2. The number of hydrogen-bond acceptors (Lipinski definition) is 5. The third-order valence-corrected chi connectivity index (χ3v) is 5.70. The molecule has 8 nitrogen and oxygen atoms in total. The van der Waals surface area contributed by atoms with Crippen LogP contribution in [0.4, 0.5) is 25.8 Å². The number of hydrogen-bond donors (Lipinski definition) is 2. The molecule has 0 radical (unpaired) electrons. The van der Waals surface area contributed by atoms with Crippen molar-refractivity contribution in [2.75, 3.05) is 10.0 Å². The van der Waals surface area contributed by atoms with E-state index in [1.165, 1.54) is 31.2 Å². The van der Waals surface area contributed by atoms with E-state index in [0.717, 1.165) is 36.4 Å². The molecule has 0 aliphatic carbocycles. The van der Waals surface area contributed by atoms with E-state index in [4.69, 9.17) is 0 Å². The molecule has 2 N–H and O–H groups in total. The van der Waals surface area contributed by atoms with Crippen LogP contribution in [0.1, 0.15) is 15.9 Å². The van der Waals surface area contributed by atoms with Crippen LogP contribution in [-0.4, -0.2) is 19.2 Å². The molecule has 3 rings (SSSR count). The first kappa shape index (κ1) is 21.8. The van der Waals surface area contributed by atoms with Crippen molar-refractivity contribution in [1.82, 2.24) is 0 Å². The van der Waals surface area contributed by atoms with Gasteiger partial charge in [0, 0.05) is 11.6 Å². The summed E-state index contributed by atoms with van der Waals surface area (Å²) in [4.78, 5) is 22.6. The van der Waals surface area contributed by atoms with Crippen molar-refractivity contribution < 1.29 is 26.9 Å². The highest BCUT2D eigenvalue weighted by Gasteiger charge is 2.21. The van der Waals surface area contributed by atoms with Crippen LogP contribution in [0, 0.1) is 28.7 Å². The van der Waals surface area contributed by atoms with Crippen LogP contribution in [0.5, 0.6) is 0 Å². The molecule has 31 heavy (non-hydrogen) atoms. The maximum atomic E-state index is 14.0. The maximum Gasteiger partial charge on any atom is 0.276 e. The molecule has 0 aliphatic rings. The molecular weight excluding hydrogens is 432 g/mol. The Balaban J connectivity index is 1.90. The molecule has 0 spiro atoms. The van der Waals surface area contributed by atoms with E-state index in [9.17, 15) is 32.1 Å². The molecule has 1 amide bonds.